The summed E-state index contributed by atoms with van der Waals surface area (Å²) in [6.45, 7) is 3.51. The summed E-state index contributed by atoms with van der Waals surface area (Å²) in [6, 6.07) is 12.2. The molecule has 0 radical (unpaired) electrons. The maximum absolute atomic E-state index is 12.8. The maximum Gasteiger partial charge on any atom is 0.262 e. The molecule has 0 spiro atoms. The van der Waals surface area contributed by atoms with E-state index in [9.17, 15) is 18.0 Å². The predicted octanol–water partition coefficient (Wildman–Crippen LogP) is 2.09. The number of anilines is 1. The number of hydrogen-bond acceptors (Lipinski definition) is 5. The van der Waals surface area contributed by atoms with Crippen LogP contribution in [0.25, 0.3) is 0 Å². The number of nitrogens with one attached hydrogen (secondary N) is 2. The van der Waals surface area contributed by atoms with Crippen molar-refractivity contribution >= 4 is 27.5 Å². The molecule has 0 fully saturated rings. The van der Waals surface area contributed by atoms with Crippen molar-refractivity contribution in [1.82, 2.24) is 10.2 Å². The molecule has 2 aromatic carbocycles. The van der Waals surface area contributed by atoms with E-state index in [2.05, 4.69) is 10.0 Å². The molecule has 0 saturated carbocycles. The van der Waals surface area contributed by atoms with Crippen molar-refractivity contribution in [3.05, 3.63) is 54.1 Å². The first-order chi connectivity index (χ1) is 13.6. The third-order valence-corrected chi connectivity index (χ3v) is 5.28. The molecule has 2 rings (SSSR count). The summed E-state index contributed by atoms with van der Waals surface area (Å²) in [7, 11) is -1.02. The van der Waals surface area contributed by atoms with Gasteiger partial charge in [0.1, 0.15) is 5.75 Å². The van der Waals surface area contributed by atoms with Gasteiger partial charge in [-0.1, -0.05) is 18.2 Å². The van der Waals surface area contributed by atoms with E-state index in [1.54, 1.807) is 24.3 Å². The zero-order chi connectivity index (χ0) is 21.6. The van der Waals surface area contributed by atoms with Gasteiger partial charge in [0, 0.05) is 18.7 Å². The number of carbonyl (C=O) groups excluding carboxylic acids is 2. The Labute approximate surface area is 170 Å². The average molecular weight is 420 g/mol. The molecule has 0 heterocycles. The number of ether oxygens (including phenoxy) is 1. The highest BCUT2D eigenvalue weighted by Gasteiger charge is 2.20. The number of methoxy groups -OCH3 is 1. The minimum Gasteiger partial charge on any atom is -0.495 e. The summed E-state index contributed by atoms with van der Waals surface area (Å²) >= 11 is 0. The Morgan fingerprint density at radius 1 is 1.10 bits per heavy atom. The van der Waals surface area contributed by atoms with Crippen LogP contribution in [0.15, 0.2) is 53.4 Å². The summed E-state index contributed by atoms with van der Waals surface area (Å²) in [6.07, 6.45) is 0. The zero-order valence-corrected chi connectivity index (χ0v) is 17.6. The highest BCUT2D eigenvalue weighted by Crippen LogP contribution is 2.26. The smallest absolute Gasteiger partial charge is 0.262 e. The number of hydrogen-bond donors (Lipinski definition) is 2. The fourth-order valence-electron chi connectivity index (χ4n) is 2.60. The van der Waals surface area contributed by atoms with Gasteiger partial charge in [0.25, 0.3) is 15.9 Å². The largest absolute Gasteiger partial charge is 0.495 e. The van der Waals surface area contributed by atoms with E-state index in [0.717, 1.165) is 0 Å². The van der Waals surface area contributed by atoms with Crippen LogP contribution in [0.2, 0.25) is 0 Å². The van der Waals surface area contributed by atoms with E-state index in [-0.39, 0.29) is 34.6 Å². The van der Waals surface area contributed by atoms with Crippen molar-refractivity contribution in [2.45, 2.75) is 24.8 Å². The quantitative estimate of drug-likeness (QED) is 0.682. The third kappa shape index (κ3) is 5.95. The molecule has 8 nitrogen and oxygen atoms in total. The van der Waals surface area contributed by atoms with Crippen LogP contribution < -0.4 is 14.8 Å². The van der Waals surface area contributed by atoms with Gasteiger partial charge < -0.3 is 15.0 Å². The van der Waals surface area contributed by atoms with Crippen LogP contribution in [0.5, 0.6) is 5.75 Å². The molecular formula is C20H25N3O5S. The van der Waals surface area contributed by atoms with Crippen molar-refractivity contribution in [3.63, 3.8) is 0 Å². The number of sulfonamides is 1. The Hall–Kier alpha value is -3.07. The van der Waals surface area contributed by atoms with Gasteiger partial charge in [0.05, 0.1) is 24.2 Å². The first-order valence-electron chi connectivity index (χ1n) is 8.94. The van der Waals surface area contributed by atoms with Gasteiger partial charge in [-0.15, -0.1) is 0 Å². The van der Waals surface area contributed by atoms with E-state index in [1.807, 2.05) is 13.8 Å². The number of likely N-dealkylation sites (N-methyl/N-ethyl adjacent to an activating group) is 1. The lowest BCUT2D eigenvalue weighted by molar-refractivity contribution is -0.122. The van der Waals surface area contributed by atoms with Gasteiger partial charge in [-0.05, 0) is 44.2 Å². The summed E-state index contributed by atoms with van der Waals surface area (Å²) in [5.41, 5.74) is 0.446. The lowest BCUT2D eigenvalue weighted by Crippen LogP contribution is -2.40. The minimum atomic E-state index is -3.95. The molecule has 0 aromatic heterocycles. The van der Waals surface area contributed by atoms with Crippen molar-refractivity contribution in [1.29, 1.82) is 0 Å². The zero-order valence-electron chi connectivity index (χ0n) is 16.8. The highest BCUT2D eigenvalue weighted by atomic mass is 32.2. The van der Waals surface area contributed by atoms with Crippen LogP contribution in [-0.4, -0.2) is 51.9 Å². The monoisotopic (exact) mass is 419 g/mol. The molecule has 0 bridgehead atoms. The van der Waals surface area contributed by atoms with Gasteiger partial charge in [-0.3, -0.25) is 14.3 Å². The average Bonchev–Trinajstić information content (AvgIpc) is 2.67. The van der Waals surface area contributed by atoms with E-state index in [1.165, 1.54) is 43.3 Å². The van der Waals surface area contributed by atoms with Crippen LogP contribution in [0, 0.1) is 0 Å². The summed E-state index contributed by atoms with van der Waals surface area (Å²) in [4.78, 5) is 25.6. The van der Waals surface area contributed by atoms with Crippen molar-refractivity contribution in [2.24, 2.45) is 0 Å². The van der Waals surface area contributed by atoms with Crippen LogP contribution >= 0.6 is 0 Å². The van der Waals surface area contributed by atoms with E-state index in [0.29, 0.717) is 5.75 Å². The van der Waals surface area contributed by atoms with Crippen molar-refractivity contribution < 1.29 is 22.7 Å². The molecule has 0 aliphatic heterocycles. The summed E-state index contributed by atoms with van der Waals surface area (Å²) < 4.78 is 33.1. The van der Waals surface area contributed by atoms with Crippen LogP contribution in [-0.2, 0) is 14.8 Å². The van der Waals surface area contributed by atoms with Crippen LogP contribution in [0.1, 0.15) is 24.2 Å². The number of amides is 2. The molecule has 0 saturated heterocycles. The molecule has 2 amide bonds. The molecule has 9 heteroatoms. The molecule has 2 aromatic rings. The van der Waals surface area contributed by atoms with E-state index < -0.39 is 15.9 Å². The first-order valence-corrected chi connectivity index (χ1v) is 10.4. The van der Waals surface area contributed by atoms with Gasteiger partial charge in [0.2, 0.25) is 5.91 Å². The minimum absolute atomic E-state index is 0.0412. The second-order valence-electron chi connectivity index (χ2n) is 6.72. The first kappa shape index (κ1) is 22.2. The Balaban J connectivity index is 2.21. The molecule has 0 unspecified atom stereocenters. The lowest BCUT2D eigenvalue weighted by atomic mass is 10.2. The number of benzene rings is 2. The summed E-state index contributed by atoms with van der Waals surface area (Å²) in [5.74, 6) is -0.380. The fourth-order valence-corrected chi connectivity index (χ4v) is 3.72. The number of nitrogens with zero attached hydrogens (tertiary/aromatic N) is 1. The standard InChI is InChI=1S/C20H25N3O5S/c1-14(2)21-19(24)13-23(3)20(25)15-8-7-9-16(12-15)29(26,27)22-17-10-5-6-11-18(17)28-4/h5-12,14,22H,13H2,1-4H3,(H,21,24). The Morgan fingerprint density at radius 3 is 2.45 bits per heavy atom. The predicted molar refractivity (Wildman–Crippen MR) is 110 cm³/mol. The SMILES string of the molecule is COc1ccccc1NS(=O)(=O)c1cccc(C(=O)N(C)CC(=O)NC(C)C)c1. The second-order valence-corrected chi connectivity index (χ2v) is 8.40. The molecule has 0 aliphatic carbocycles. The van der Waals surface area contributed by atoms with Crippen molar-refractivity contribution in [2.75, 3.05) is 25.4 Å². The maximum atomic E-state index is 12.8. The molecular weight excluding hydrogens is 394 g/mol. The molecule has 2 N–H and O–H groups in total. The Bertz CT molecular complexity index is 989. The topological polar surface area (TPSA) is 105 Å². The van der Waals surface area contributed by atoms with Crippen molar-refractivity contribution in [3.8, 4) is 5.75 Å². The van der Waals surface area contributed by atoms with Gasteiger partial charge >= 0.3 is 0 Å². The molecule has 0 aliphatic rings. The van der Waals surface area contributed by atoms with Crippen LogP contribution in [0.3, 0.4) is 0 Å². The third-order valence-electron chi connectivity index (χ3n) is 3.92. The normalized spacial score (nSPS) is 11.1. The number of rotatable bonds is 8. The Morgan fingerprint density at radius 2 is 1.79 bits per heavy atom. The van der Waals surface area contributed by atoms with Gasteiger partial charge in [-0.2, -0.15) is 0 Å². The van der Waals surface area contributed by atoms with Crippen LogP contribution in [0.4, 0.5) is 5.69 Å². The fraction of sp³-hybridized carbons (Fsp3) is 0.300. The lowest BCUT2D eigenvalue weighted by Gasteiger charge is -2.18. The highest BCUT2D eigenvalue weighted by molar-refractivity contribution is 7.92. The number of para-hydroxylation sites is 2. The summed E-state index contributed by atoms with van der Waals surface area (Å²) in [5, 5.41) is 2.70. The van der Waals surface area contributed by atoms with Gasteiger partial charge in [0.15, 0.2) is 0 Å². The second kappa shape index (κ2) is 9.42. The van der Waals surface area contributed by atoms with E-state index in [4.69, 9.17) is 4.74 Å². The number of carbonyl (C=O) groups is 2. The Kier molecular flexibility index (Phi) is 7.22. The molecule has 0 atom stereocenters. The van der Waals surface area contributed by atoms with E-state index >= 15 is 0 Å². The molecule has 29 heavy (non-hydrogen) atoms. The molecule has 156 valence electrons. The van der Waals surface area contributed by atoms with Gasteiger partial charge in [-0.25, -0.2) is 8.42 Å².